The van der Waals surface area contributed by atoms with E-state index in [1.165, 1.54) is 5.57 Å². The predicted molar refractivity (Wildman–Crippen MR) is 130 cm³/mol. The number of carboxylic acid groups (broad SMARTS) is 1. The third kappa shape index (κ3) is 5.39. The predicted octanol–water partition coefficient (Wildman–Crippen LogP) is 6.46. The van der Waals surface area contributed by atoms with Gasteiger partial charge < -0.3 is 10.0 Å². The lowest BCUT2D eigenvalue weighted by Crippen LogP contribution is -2.46. The van der Waals surface area contributed by atoms with Crippen molar-refractivity contribution >= 4 is 23.5 Å². The van der Waals surface area contributed by atoms with E-state index < -0.39 is 11.4 Å². The zero-order valence-corrected chi connectivity index (χ0v) is 21.1. The van der Waals surface area contributed by atoms with Crippen LogP contribution in [0, 0.1) is 23.2 Å². The molecule has 5 heteroatoms. The average molecular weight is 460 g/mol. The van der Waals surface area contributed by atoms with Crippen LogP contribution in [0.3, 0.4) is 0 Å². The summed E-state index contributed by atoms with van der Waals surface area (Å²) < 4.78 is 0. The minimum atomic E-state index is -0.722. The second-order valence-electron chi connectivity index (χ2n) is 11.5. The van der Waals surface area contributed by atoms with Crippen LogP contribution in [0.1, 0.15) is 78.4 Å². The molecule has 1 aliphatic heterocycles. The van der Waals surface area contributed by atoms with Crippen molar-refractivity contribution in [2.75, 3.05) is 6.54 Å². The molecular formula is C27H38ClNO3. The number of rotatable bonds is 7. The van der Waals surface area contributed by atoms with Crippen LogP contribution in [0.4, 0.5) is 0 Å². The van der Waals surface area contributed by atoms with Crippen molar-refractivity contribution in [3.8, 4) is 0 Å². The summed E-state index contributed by atoms with van der Waals surface area (Å²) in [7, 11) is 0. The number of allylic oxidation sites excluding steroid dienone is 1. The first-order valence-electron chi connectivity index (χ1n) is 11.8. The van der Waals surface area contributed by atoms with Gasteiger partial charge in [0.15, 0.2) is 0 Å². The Bertz CT molecular complexity index is 908. The summed E-state index contributed by atoms with van der Waals surface area (Å²) in [4.78, 5) is 26.1. The normalized spacial score (nSPS) is 26.2. The topological polar surface area (TPSA) is 57.6 Å². The Kier molecular flexibility index (Phi) is 7.14. The number of aryl methyl sites for hydroxylation is 1. The molecule has 1 aliphatic carbocycles. The molecule has 3 rings (SSSR count). The van der Waals surface area contributed by atoms with Crippen LogP contribution < -0.4 is 0 Å². The monoisotopic (exact) mass is 459 g/mol. The molecule has 1 heterocycles. The Morgan fingerprint density at radius 2 is 1.94 bits per heavy atom. The molecule has 1 atom stereocenters. The van der Waals surface area contributed by atoms with Crippen LogP contribution >= 0.6 is 11.6 Å². The summed E-state index contributed by atoms with van der Waals surface area (Å²) in [5, 5.41) is 9.91. The first kappa shape index (κ1) is 24.8. The molecule has 1 fully saturated rings. The molecule has 1 amide bonds. The van der Waals surface area contributed by atoms with Crippen LogP contribution in [-0.2, 0) is 21.4 Å². The highest BCUT2D eigenvalue weighted by Gasteiger charge is 2.42. The van der Waals surface area contributed by atoms with Crippen LogP contribution in [0.5, 0.6) is 0 Å². The lowest BCUT2D eigenvalue weighted by Gasteiger charge is -2.43. The van der Waals surface area contributed by atoms with E-state index in [-0.39, 0.29) is 29.1 Å². The molecule has 1 saturated carbocycles. The second kappa shape index (κ2) is 9.21. The van der Waals surface area contributed by atoms with Crippen molar-refractivity contribution in [3.63, 3.8) is 0 Å². The van der Waals surface area contributed by atoms with Crippen LogP contribution in [-0.4, -0.2) is 28.4 Å². The fraction of sp³-hybridized carbons (Fsp3) is 0.630. The Morgan fingerprint density at radius 1 is 1.28 bits per heavy atom. The minimum absolute atomic E-state index is 0.101. The van der Waals surface area contributed by atoms with Crippen molar-refractivity contribution in [1.29, 1.82) is 0 Å². The second-order valence-corrected chi connectivity index (χ2v) is 11.9. The molecule has 0 spiro atoms. The summed E-state index contributed by atoms with van der Waals surface area (Å²) in [6, 6.07) is 6.33. The van der Waals surface area contributed by atoms with E-state index in [2.05, 4.69) is 59.7 Å². The molecule has 4 nitrogen and oxygen atoms in total. The smallest absolute Gasteiger partial charge is 0.306 e. The number of halogens is 1. The maximum atomic E-state index is 13.1. The highest BCUT2D eigenvalue weighted by atomic mass is 35.5. The van der Waals surface area contributed by atoms with Crippen molar-refractivity contribution in [1.82, 2.24) is 4.90 Å². The van der Waals surface area contributed by atoms with Gasteiger partial charge in [-0.05, 0) is 65.7 Å². The van der Waals surface area contributed by atoms with Gasteiger partial charge in [0, 0.05) is 29.6 Å². The highest BCUT2D eigenvalue weighted by molar-refractivity contribution is 6.31. The zero-order chi connectivity index (χ0) is 23.8. The summed E-state index contributed by atoms with van der Waals surface area (Å²) in [6.07, 6.45) is 5.77. The van der Waals surface area contributed by atoms with Crippen molar-refractivity contribution in [2.45, 2.75) is 79.1 Å². The quantitative estimate of drug-likeness (QED) is 0.509. The van der Waals surface area contributed by atoms with Crippen LogP contribution in [0.15, 0.2) is 30.0 Å². The maximum absolute atomic E-state index is 13.1. The summed E-state index contributed by atoms with van der Waals surface area (Å²) in [5.74, 6) is -0.324. The Morgan fingerprint density at radius 3 is 2.47 bits per heavy atom. The molecule has 1 aromatic rings. The lowest BCUT2D eigenvalue weighted by atomic mass is 9.67. The number of aliphatic carboxylic acids is 1. The van der Waals surface area contributed by atoms with E-state index in [9.17, 15) is 9.59 Å². The van der Waals surface area contributed by atoms with E-state index in [1.54, 1.807) is 0 Å². The molecule has 176 valence electrons. The van der Waals surface area contributed by atoms with Gasteiger partial charge in [-0.3, -0.25) is 9.59 Å². The van der Waals surface area contributed by atoms with Gasteiger partial charge in [-0.2, -0.15) is 0 Å². The standard InChI is InChI=1S/C27H38ClNO3/c1-17(2)22-16-29(15-18-11-20(12-18)25(31)32)24(30)14-27(22,6)21-8-7-19(23(28)13-21)9-10-26(3,4)5/h7-8,13,16-18,20H,9-12,14-15H2,1-6H3,(H,31,32)/t18?,20?,27-/m0/s1. The maximum Gasteiger partial charge on any atom is 0.306 e. The van der Waals surface area contributed by atoms with Crippen molar-refractivity contribution in [2.24, 2.45) is 23.2 Å². The number of amides is 1. The van der Waals surface area contributed by atoms with Crippen molar-refractivity contribution in [3.05, 3.63) is 46.1 Å². The minimum Gasteiger partial charge on any atom is -0.481 e. The van der Waals surface area contributed by atoms with E-state index in [1.807, 2.05) is 11.1 Å². The van der Waals surface area contributed by atoms with Gasteiger partial charge in [0.25, 0.3) is 0 Å². The van der Waals surface area contributed by atoms with Crippen LogP contribution in [0.2, 0.25) is 5.02 Å². The number of carboxylic acids is 1. The zero-order valence-electron chi connectivity index (χ0n) is 20.4. The van der Waals surface area contributed by atoms with E-state index in [0.29, 0.717) is 25.8 Å². The van der Waals surface area contributed by atoms with E-state index in [0.717, 1.165) is 29.0 Å². The molecule has 32 heavy (non-hydrogen) atoms. The molecule has 0 bridgehead atoms. The van der Waals surface area contributed by atoms with Gasteiger partial charge >= 0.3 is 5.97 Å². The van der Waals surface area contributed by atoms with Crippen molar-refractivity contribution < 1.29 is 14.7 Å². The average Bonchev–Trinajstić information content (AvgIpc) is 2.63. The molecule has 1 aromatic carbocycles. The molecule has 0 aromatic heterocycles. The van der Waals surface area contributed by atoms with Gasteiger partial charge in [-0.15, -0.1) is 0 Å². The summed E-state index contributed by atoms with van der Waals surface area (Å²) in [5.41, 5.74) is 3.34. The molecule has 2 aliphatic rings. The van der Waals surface area contributed by atoms with Gasteiger partial charge in [-0.25, -0.2) is 0 Å². The number of hydrogen-bond acceptors (Lipinski definition) is 2. The number of carbonyl (C=O) groups is 2. The van der Waals surface area contributed by atoms with Gasteiger partial charge in [0.05, 0.1) is 5.92 Å². The molecule has 1 N–H and O–H groups in total. The first-order chi connectivity index (χ1) is 14.8. The fourth-order valence-electron chi connectivity index (χ4n) is 5.07. The van der Waals surface area contributed by atoms with Crippen LogP contribution in [0.25, 0.3) is 0 Å². The van der Waals surface area contributed by atoms with Gasteiger partial charge in [-0.1, -0.05) is 65.3 Å². The summed E-state index contributed by atoms with van der Waals surface area (Å²) >= 11 is 6.70. The fourth-order valence-corrected chi connectivity index (χ4v) is 5.34. The third-order valence-corrected chi connectivity index (χ3v) is 7.61. The molecule has 0 unspecified atom stereocenters. The Labute approximate surface area is 198 Å². The lowest BCUT2D eigenvalue weighted by molar-refractivity contribution is -0.146. The SMILES string of the molecule is CC(C)C1=CN(CC2CC(C(=O)O)C2)C(=O)C[C@@]1(C)c1ccc(CCC(C)(C)C)c(Cl)c1. The highest BCUT2D eigenvalue weighted by Crippen LogP contribution is 2.45. The van der Waals surface area contributed by atoms with Gasteiger partial charge in [0.1, 0.15) is 0 Å². The Balaban J connectivity index is 1.82. The largest absolute Gasteiger partial charge is 0.481 e. The number of carbonyl (C=O) groups excluding carboxylic acids is 1. The van der Waals surface area contributed by atoms with E-state index in [4.69, 9.17) is 16.7 Å². The number of hydrogen-bond donors (Lipinski definition) is 1. The first-order valence-corrected chi connectivity index (χ1v) is 12.2. The Hall–Kier alpha value is -1.81. The van der Waals surface area contributed by atoms with E-state index >= 15 is 0 Å². The summed E-state index contributed by atoms with van der Waals surface area (Å²) in [6.45, 7) is 13.8. The number of benzene rings is 1. The molecule has 0 saturated heterocycles. The third-order valence-electron chi connectivity index (χ3n) is 7.25. The number of nitrogens with zero attached hydrogens (tertiary/aromatic N) is 1. The molecule has 0 radical (unpaired) electrons. The van der Waals surface area contributed by atoms with Gasteiger partial charge in [0.2, 0.25) is 5.91 Å². The molecular weight excluding hydrogens is 422 g/mol.